The van der Waals surface area contributed by atoms with E-state index in [1.807, 2.05) is 17.9 Å². The number of allylic oxidation sites excluding steroid dienone is 1. The summed E-state index contributed by atoms with van der Waals surface area (Å²) in [6.45, 7) is 6.63. The molecule has 2 rings (SSSR count). The summed E-state index contributed by atoms with van der Waals surface area (Å²) in [5, 5.41) is 2.81. The predicted molar refractivity (Wildman–Crippen MR) is 96.8 cm³/mol. The van der Waals surface area contributed by atoms with Crippen LogP contribution in [0.5, 0.6) is 0 Å². The molecule has 0 radical (unpaired) electrons. The van der Waals surface area contributed by atoms with Crippen LogP contribution in [0.4, 0.5) is 18.0 Å². The molecule has 1 N–H and O–H groups in total. The normalized spacial score (nSPS) is 16.2. The summed E-state index contributed by atoms with van der Waals surface area (Å²) in [7, 11) is 0. The summed E-state index contributed by atoms with van der Waals surface area (Å²) in [5.41, 5.74) is -0.0555. The molecule has 0 atom stereocenters. The Labute approximate surface area is 152 Å². The first-order chi connectivity index (χ1) is 12.4. The highest BCUT2D eigenvalue weighted by molar-refractivity contribution is 5.74. The van der Waals surface area contributed by atoms with E-state index in [1.165, 1.54) is 6.07 Å². The molecule has 1 aromatic carbocycles. The molecule has 26 heavy (non-hydrogen) atoms. The Hall–Kier alpha value is -2.02. The molecule has 1 saturated heterocycles. The molecule has 144 valence electrons. The summed E-state index contributed by atoms with van der Waals surface area (Å²) in [6, 6.07) is 5.34. The van der Waals surface area contributed by atoms with Crippen molar-refractivity contribution in [2.75, 3.05) is 39.3 Å². The number of carbonyl (C=O) groups excluding carboxylic acids is 1. The van der Waals surface area contributed by atoms with Crippen LogP contribution < -0.4 is 5.32 Å². The van der Waals surface area contributed by atoms with Gasteiger partial charge in [0.1, 0.15) is 0 Å². The third-order valence-electron chi connectivity index (χ3n) is 4.36. The molecular formula is C19H26F3N3O. The number of carbonyl (C=O) groups is 1. The number of hydrogen-bond donors (Lipinski definition) is 1. The van der Waals surface area contributed by atoms with E-state index in [0.717, 1.165) is 57.7 Å². The summed E-state index contributed by atoms with van der Waals surface area (Å²) >= 11 is 0. The maximum atomic E-state index is 12.7. The van der Waals surface area contributed by atoms with Crippen LogP contribution in [0.1, 0.15) is 30.9 Å². The minimum Gasteiger partial charge on any atom is -0.338 e. The number of unbranched alkanes of at least 4 members (excludes halogenated alkanes) is 1. The van der Waals surface area contributed by atoms with Crippen LogP contribution in [-0.2, 0) is 6.18 Å². The van der Waals surface area contributed by atoms with Gasteiger partial charge in [-0.05, 0) is 44.0 Å². The predicted octanol–water partition coefficient (Wildman–Crippen LogP) is 3.85. The van der Waals surface area contributed by atoms with Crippen LogP contribution >= 0.6 is 0 Å². The van der Waals surface area contributed by atoms with Crippen molar-refractivity contribution in [1.82, 2.24) is 15.1 Å². The second kappa shape index (κ2) is 9.62. The maximum absolute atomic E-state index is 12.7. The van der Waals surface area contributed by atoms with Gasteiger partial charge in [0.25, 0.3) is 0 Å². The molecule has 0 bridgehead atoms. The molecule has 1 aromatic rings. The van der Waals surface area contributed by atoms with Gasteiger partial charge >= 0.3 is 12.2 Å². The van der Waals surface area contributed by atoms with Crippen molar-refractivity contribution >= 4 is 12.1 Å². The third kappa shape index (κ3) is 6.37. The fraction of sp³-hybridized carbons (Fsp3) is 0.526. The Morgan fingerprint density at radius 3 is 2.62 bits per heavy atom. The number of alkyl halides is 3. The molecule has 0 saturated carbocycles. The topological polar surface area (TPSA) is 35.6 Å². The summed E-state index contributed by atoms with van der Waals surface area (Å²) in [6.07, 6.45) is 1.10. The number of nitrogens with zero attached hydrogens (tertiary/aromatic N) is 2. The molecule has 0 aliphatic carbocycles. The molecule has 0 aromatic heterocycles. The molecule has 4 nitrogen and oxygen atoms in total. The van der Waals surface area contributed by atoms with Gasteiger partial charge in [0, 0.05) is 32.7 Å². The van der Waals surface area contributed by atoms with Gasteiger partial charge in [0.05, 0.1) is 5.56 Å². The zero-order valence-corrected chi connectivity index (χ0v) is 15.1. The highest BCUT2D eigenvalue weighted by Gasteiger charge is 2.30. The monoisotopic (exact) mass is 369 g/mol. The molecule has 0 spiro atoms. The van der Waals surface area contributed by atoms with Gasteiger partial charge in [-0.25, -0.2) is 4.79 Å². The number of benzene rings is 1. The first-order valence-corrected chi connectivity index (χ1v) is 8.99. The number of urea groups is 1. The number of halogens is 3. The standard InChI is InChI=1S/C19H26F3N3O/c1-2-23-18(26)25-13-11-24(12-14-25)10-5-3-4-7-16-8-6-9-17(15-16)19(20,21)22/h4,6-9,15H,2-3,5,10-14H2,1H3,(H,23,26). The molecule has 1 heterocycles. The van der Waals surface area contributed by atoms with E-state index in [2.05, 4.69) is 10.2 Å². The quantitative estimate of drug-likeness (QED) is 0.773. The fourth-order valence-corrected chi connectivity index (χ4v) is 2.91. The van der Waals surface area contributed by atoms with E-state index < -0.39 is 11.7 Å². The summed E-state index contributed by atoms with van der Waals surface area (Å²) in [4.78, 5) is 15.9. The zero-order chi connectivity index (χ0) is 19.0. The lowest BCUT2D eigenvalue weighted by Crippen LogP contribution is -2.51. The second-order valence-electron chi connectivity index (χ2n) is 6.33. The van der Waals surface area contributed by atoms with E-state index in [9.17, 15) is 18.0 Å². The molecule has 1 aliphatic heterocycles. The number of amides is 2. The van der Waals surface area contributed by atoms with Crippen molar-refractivity contribution in [3.05, 3.63) is 41.5 Å². The van der Waals surface area contributed by atoms with Crippen molar-refractivity contribution < 1.29 is 18.0 Å². The van der Waals surface area contributed by atoms with Gasteiger partial charge in [0.2, 0.25) is 0 Å². The largest absolute Gasteiger partial charge is 0.416 e. The highest BCUT2D eigenvalue weighted by Crippen LogP contribution is 2.29. The lowest BCUT2D eigenvalue weighted by Gasteiger charge is -2.34. The maximum Gasteiger partial charge on any atom is 0.416 e. The van der Waals surface area contributed by atoms with Crippen molar-refractivity contribution in [3.63, 3.8) is 0 Å². The summed E-state index contributed by atoms with van der Waals surface area (Å²) in [5.74, 6) is 0. The lowest BCUT2D eigenvalue weighted by molar-refractivity contribution is -0.137. The van der Waals surface area contributed by atoms with Crippen molar-refractivity contribution in [2.45, 2.75) is 25.9 Å². The molecule has 0 unspecified atom stereocenters. The molecular weight excluding hydrogens is 343 g/mol. The number of nitrogens with one attached hydrogen (secondary N) is 1. The molecule has 7 heteroatoms. The van der Waals surface area contributed by atoms with Crippen molar-refractivity contribution in [2.24, 2.45) is 0 Å². The SMILES string of the molecule is CCNC(=O)N1CCN(CCCC=Cc2cccc(C(F)(F)F)c2)CC1. The van der Waals surface area contributed by atoms with Gasteiger partial charge in [0.15, 0.2) is 0 Å². The van der Waals surface area contributed by atoms with Crippen LogP contribution in [-0.4, -0.2) is 55.1 Å². The van der Waals surface area contributed by atoms with E-state index in [0.29, 0.717) is 12.1 Å². The zero-order valence-electron chi connectivity index (χ0n) is 15.1. The van der Waals surface area contributed by atoms with Crippen LogP contribution in [0.3, 0.4) is 0 Å². The number of rotatable bonds is 6. The van der Waals surface area contributed by atoms with Crippen LogP contribution in [0.25, 0.3) is 6.08 Å². The first-order valence-electron chi connectivity index (χ1n) is 8.99. The van der Waals surface area contributed by atoms with Gasteiger partial charge in [-0.2, -0.15) is 13.2 Å². The van der Waals surface area contributed by atoms with Gasteiger partial charge in [-0.3, -0.25) is 4.90 Å². The van der Waals surface area contributed by atoms with Crippen LogP contribution in [0.2, 0.25) is 0 Å². The number of hydrogen-bond acceptors (Lipinski definition) is 2. The van der Waals surface area contributed by atoms with E-state index in [4.69, 9.17) is 0 Å². The fourth-order valence-electron chi connectivity index (χ4n) is 2.91. The average Bonchev–Trinajstić information content (AvgIpc) is 2.62. The van der Waals surface area contributed by atoms with Crippen LogP contribution in [0, 0.1) is 0 Å². The average molecular weight is 369 g/mol. The highest BCUT2D eigenvalue weighted by atomic mass is 19.4. The third-order valence-corrected chi connectivity index (χ3v) is 4.36. The Bertz CT molecular complexity index is 608. The minimum absolute atomic E-state index is 0.00355. The first kappa shape index (κ1) is 20.3. The second-order valence-corrected chi connectivity index (χ2v) is 6.33. The minimum atomic E-state index is -4.31. The van der Waals surface area contributed by atoms with E-state index in [-0.39, 0.29) is 6.03 Å². The Morgan fingerprint density at radius 1 is 1.23 bits per heavy atom. The Morgan fingerprint density at radius 2 is 1.96 bits per heavy atom. The van der Waals surface area contributed by atoms with E-state index in [1.54, 1.807) is 12.1 Å². The van der Waals surface area contributed by atoms with Crippen molar-refractivity contribution in [1.29, 1.82) is 0 Å². The van der Waals surface area contributed by atoms with Crippen LogP contribution in [0.15, 0.2) is 30.3 Å². The van der Waals surface area contributed by atoms with Gasteiger partial charge in [-0.15, -0.1) is 0 Å². The smallest absolute Gasteiger partial charge is 0.338 e. The van der Waals surface area contributed by atoms with E-state index >= 15 is 0 Å². The lowest BCUT2D eigenvalue weighted by atomic mass is 10.1. The molecule has 2 amide bonds. The van der Waals surface area contributed by atoms with Crippen molar-refractivity contribution in [3.8, 4) is 0 Å². The Balaban J connectivity index is 1.68. The van der Waals surface area contributed by atoms with Gasteiger partial charge < -0.3 is 10.2 Å². The summed E-state index contributed by atoms with van der Waals surface area (Å²) < 4.78 is 38.0. The van der Waals surface area contributed by atoms with Gasteiger partial charge in [-0.1, -0.05) is 24.3 Å². The molecule has 1 aliphatic rings. The number of piperazine rings is 1. The Kier molecular flexibility index (Phi) is 7.50. The molecule has 1 fully saturated rings.